The lowest BCUT2D eigenvalue weighted by Gasteiger charge is -2.05. The number of nitrogens with zero attached hydrogens (tertiary/aromatic N) is 2. The van der Waals surface area contributed by atoms with Crippen LogP contribution >= 0.6 is 12.2 Å². The van der Waals surface area contributed by atoms with Gasteiger partial charge in [-0.25, -0.2) is 0 Å². The number of nitrogens with two attached hydrogens (primary N) is 1. The Morgan fingerprint density at radius 1 is 1.21 bits per heavy atom. The number of hydrogen-bond donors (Lipinski definition) is 2. The van der Waals surface area contributed by atoms with Crippen LogP contribution in [0.25, 0.3) is 0 Å². The first-order chi connectivity index (χ1) is 11.5. The molecular formula is C15H12N4O3S2. The van der Waals surface area contributed by atoms with Crippen molar-refractivity contribution in [1.29, 1.82) is 0 Å². The van der Waals surface area contributed by atoms with Crippen LogP contribution in [-0.2, 0) is 10.0 Å². The Labute approximate surface area is 143 Å². The van der Waals surface area contributed by atoms with Gasteiger partial charge in [0.15, 0.2) is 5.11 Å². The van der Waals surface area contributed by atoms with Gasteiger partial charge in [-0.15, -0.1) is 4.40 Å². The third kappa shape index (κ3) is 3.42. The Morgan fingerprint density at radius 3 is 2.62 bits per heavy atom. The van der Waals surface area contributed by atoms with Crippen molar-refractivity contribution in [2.24, 2.45) is 15.2 Å². The third-order valence-corrected chi connectivity index (χ3v) is 4.49. The molecule has 24 heavy (non-hydrogen) atoms. The highest BCUT2D eigenvalue weighted by Crippen LogP contribution is 2.27. The molecule has 0 saturated carbocycles. The molecule has 2 aromatic carbocycles. The Bertz CT molecular complexity index is 951. The van der Waals surface area contributed by atoms with E-state index in [1.54, 1.807) is 42.5 Å². The van der Waals surface area contributed by atoms with Crippen molar-refractivity contribution in [2.45, 2.75) is 4.90 Å². The number of hydrazone groups is 1. The Kier molecular flexibility index (Phi) is 4.28. The van der Waals surface area contributed by atoms with Crippen LogP contribution in [0.1, 0.15) is 11.1 Å². The summed E-state index contributed by atoms with van der Waals surface area (Å²) in [7, 11) is -3.69. The normalized spacial score (nSPS) is 14.9. The Morgan fingerprint density at radius 2 is 1.92 bits per heavy atom. The Balaban J connectivity index is 1.78. The highest BCUT2D eigenvalue weighted by Gasteiger charge is 2.29. The predicted molar refractivity (Wildman–Crippen MR) is 94.7 cm³/mol. The summed E-state index contributed by atoms with van der Waals surface area (Å²) in [6, 6.07) is 13.4. The molecule has 0 bridgehead atoms. The van der Waals surface area contributed by atoms with E-state index in [0.29, 0.717) is 11.3 Å². The fraction of sp³-hybridized carbons (Fsp3) is 0. The SMILES string of the molecule is NC(=S)NN=Cc1ccc(OC2=NS(=O)(=O)c3ccccc32)cc1. The molecular weight excluding hydrogens is 348 g/mol. The number of ether oxygens (including phenoxy) is 1. The summed E-state index contributed by atoms with van der Waals surface area (Å²) in [5.74, 6) is 0.516. The fourth-order valence-corrected chi connectivity index (χ4v) is 3.24. The van der Waals surface area contributed by atoms with E-state index in [1.807, 2.05) is 0 Å². The van der Waals surface area contributed by atoms with E-state index in [9.17, 15) is 8.42 Å². The lowest BCUT2D eigenvalue weighted by molar-refractivity contribution is 0.554. The van der Waals surface area contributed by atoms with Gasteiger partial charge in [-0.1, -0.05) is 12.1 Å². The largest absolute Gasteiger partial charge is 0.438 e. The van der Waals surface area contributed by atoms with E-state index in [2.05, 4.69) is 27.1 Å². The molecule has 3 N–H and O–H groups in total. The zero-order chi connectivity index (χ0) is 17.2. The average Bonchev–Trinajstić information content (AvgIpc) is 2.80. The van der Waals surface area contributed by atoms with Gasteiger partial charge >= 0.3 is 0 Å². The van der Waals surface area contributed by atoms with Crippen molar-refractivity contribution in [3.63, 3.8) is 0 Å². The molecule has 0 aliphatic carbocycles. The maximum atomic E-state index is 12.0. The first kappa shape index (κ1) is 16.1. The van der Waals surface area contributed by atoms with Gasteiger partial charge in [0.1, 0.15) is 10.6 Å². The number of hydrogen-bond acceptors (Lipinski definition) is 5. The maximum absolute atomic E-state index is 12.0. The van der Waals surface area contributed by atoms with Crippen molar-refractivity contribution in [2.75, 3.05) is 0 Å². The van der Waals surface area contributed by atoms with Crippen LogP contribution in [0.5, 0.6) is 5.75 Å². The highest BCUT2D eigenvalue weighted by molar-refractivity contribution is 7.90. The molecule has 0 amide bonds. The molecule has 0 saturated heterocycles. The van der Waals surface area contributed by atoms with E-state index in [1.165, 1.54) is 12.3 Å². The fourth-order valence-electron chi connectivity index (χ4n) is 2.05. The van der Waals surface area contributed by atoms with Gasteiger partial charge in [0, 0.05) is 0 Å². The number of sulfonamides is 1. The molecule has 1 aliphatic heterocycles. The van der Waals surface area contributed by atoms with Crippen molar-refractivity contribution >= 4 is 39.5 Å². The summed E-state index contributed by atoms with van der Waals surface area (Å²) in [6.07, 6.45) is 1.54. The standard InChI is InChI=1S/C15H12N4O3S2/c16-15(23)18-17-9-10-5-7-11(8-6-10)22-14-12-3-1-2-4-13(12)24(20,21)19-14/h1-9H,(H3,16,18,23). The van der Waals surface area contributed by atoms with Crippen molar-refractivity contribution < 1.29 is 13.2 Å². The molecule has 0 spiro atoms. The van der Waals surface area contributed by atoms with Crippen LogP contribution in [0.4, 0.5) is 0 Å². The van der Waals surface area contributed by atoms with Crippen molar-refractivity contribution in [3.8, 4) is 5.75 Å². The summed E-state index contributed by atoms with van der Waals surface area (Å²) in [4.78, 5) is 0.146. The van der Waals surface area contributed by atoms with E-state index < -0.39 is 10.0 Å². The summed E-state index contributed by atoms with van der Waals surface area (Å²) >= 11 is 4.63. The van der Waals surface area contributed by atoms with Crippen LogP contribution in [0.3, 0.4) is 0 Å². The lowest BCUT2D eigenvalue weighted by atomic mass is 10.2. The number of fused-ring (bicyclic) bond motifs is 1. The number of nitrogens with one attached hydrogen (secondary N) is 1. The van der Waals surface area contributed by atoms with Gasteiger partial charge in [0.05, 0.1) is 11.8 Å². The molecule has 0 aromatic heterocycles. The minimum atomic E-state index is -3.69. The second-order valence-electron chi connectivity index (χ2n) is 4.77. The van der Waals surface area contributed by atoms with Gasteiger partial charge in [-0.3, -0.25) is 5.43 Å². The van der Waals surface area contributed by atoms with Crippen LogP contribution in [0, 0.1) is 0 Å². The van der Waals surface area contributed by atoms with E-state index in [4.69, 9.17) is 10.5 Å². The van der Waals surface area contributed by atoms with Gasteiger partial charge in [-0.2, -0.15) is 13.5 Å². The summed E-state index contributed by atoms with van der Waals surface area (Å²) in [5, 5.41) is 3.91. The number of benzene rings is 2. The highest BCUT2D eigenvalue weighted by atomic mass is 32.2. The van der Waals surface area contributed by atoms with E-state index in [-0.39, 0.29) is 15.9 Å². The van der Waals surface area contributed by atoms with Crippen LogP contribution in [-0.4, -0.2) is 25.6 Å². The minimum absolute atomic E-state index is 0.0576. The molecule has 9 heteroatoms. The quantitative estimate of drug-likeness (QED) is 0.487. The smallest absolute Gasteiger partial charge is 0.286 e. The molecule has 2 aromatic rings. The molecule has 0 unspecified atom stereocenters. The summed E-state index contributed by atoms with van der Waals surface area (Å²) in [5.41, 5.74) is 8.94. The van der Waals surface area contributed by atoms with Crippen molar-refractivity contribution in [3.05, 3.63) is 59.7 Å². The summed E-state index contributed by atoms with van der Waals surface area (Å²) < 4.78 is 33.2. The van der Waals surface area contributed by atoms with E-state index >= 15 is 0 Å². The molecule has 7 nitrogen and oxygen atoms in total. The van der Waals surface area contributed by atoms with Gasteiger partial charge in [0.2, 0.25) is 5.90 Å². The van der Waals surface area contributed by atoms with Crippen LogP contribution in [0.15, 0.2) is 62.9 Å². The topological polar surface area (TPSA) is 106 Å². The van der Waals surface area contributed by atoms with Crippen LogP contribution < -0.4 is 15.9 Å². The molecule has 0 atom stereocenters. The molecule has 1 heterocycles. The first-order valence-electron chi connectivity index (χ1n) is 6.76. The van der Waals surface area contributed by atoms with Crippen molar-refractivity contribution in [1.82, 2.24) is 5.43 Å². The van der Waals surface area contributed by atoms with Crippen LogP contribution in [0.2, 0.25) is 0 Å². The minimum Gasteiger partial charge on any atom is -0.438 e. The zero-order valence-corrected chi connectivity index (χ0v) is 13.8. The summed E-state index contributed by atoms with van der Waals surface area (Å²) in [6.45, 7) is 0. The first-order valence-corrected chi connectivity index (χ1v) is 8.61. The monoisotopic (exact) mass is 360 g/mol. The third-order valence-electron chi connectivity index (χ3n) is 3.08. The maximum Gasteiger partial charge on any atom is 0.286 e. The second kappa shape index (κ2) is 6.38. The Hall–Kier alpha value is -2.78. The van der Waals surface area contributed by atoms with E-state index in [0.717, 1.165) is 5.56 Å². The molecule has 122 valence electrons. The molecule has 0 fully saturated rings. The average molecular weight is 360 g/mol. The molecule has 3 rings (SSSR count). The number of rotatable bonds is 3. The van der Waals surface area contributed by atoms with Gasteiger partial charge in [-0.05, 0) is 54.2 Å². The van der Waals surface area contributed by atoms with Gasteiger partial charge in [0.25, 0.3) is 10.0 Å². The predicted octanol–water partition coefficient (Wildman–Crippen LogP) is 1.38. The molecule has 0 radical (unpaired) electrons. The molecule has 1 aliphatic rings. The zero-order valence-electron chi connectivity index (χ0n) is 12.2. The number of thiocarbonyl (C=S) groups is 1. The second-order valence-corrected chi connectivity index (χ2v) is 6.79. The lowest BCUT2D eigenvalue weighted by Crippen LogP contribution is -2.23. The van der Waals surface area contributed by atoms with Gasteiger partial charge < -0.3 is 10.5 Å².